The van der Waals surface area contributed by atoms with Gasteiger partial charge in [-0.1, -0.05) is 6.07 Å². The van der Waals surface area contributed by atoms with Gasteiger partial charge in [0.25, 0.3) is 5.69 Å². The minimum Gasteiger partial charge on any atom is -0.323 e. The third-order valence-electron chi connectivity index (χ3n) is 4.29. The summed E-state index contributed by atoms with van der Waals surface area (Å²) in [5.41, 5.74) is 1.23. The average molecular weight is 508 g/mol. The lowest BCUT2D eigenvalue weighted by Crippen LogP contribution is -2.34. The Bertz CT molecular complexity index is 1080. The van der Waals surface area contributed by atoms with Crippen molar-refractivity contribution in [2.24, 2.45) is 5.73 Å². The molecule has 178 valence electrons. The minimum atomic E-state index is -5.31. The molecule has 0 fully saturated rings. The van der Waals surface area contributed by atoms with Crippen molar-refractivity contribution in [2.75, 3.05) is 13.6 Å². The Balaban J connectivity index is 0.00000512. The van der Waals surface area contributed by atoms with E-state index in [0.717, 1.165) is 37.4 Å². The zero-order valence-electron chi connectivity index (χ0n) is 16.0. The second-order valence-corrected chi connectivity index (χ2v) is 8.49. The van der Waals surface area contributed by atoms with Gasteiger partial charge in [0, 0.05) is 31.8 Å². The van der Waals surface area contributed by atoms with E-state index in [0.29, 0.717) is 4.31 Å². The number of alkyl halides is 6. The fourth-order valence-electron chi connectivity index (χ4n) is 2.67. The first kappa shape index (κ1) is 27.6. The number of rotatable bonds is 6. The van der Waals surface area contributed by atoms with Gasteiger partial charge in [0.15, 0.2) is 0 Å². The van der Waals surface area contributed by atoms with Gasteiger partial charge in [-0.3, -0.25) is 10.1 Å². The Hall–Kier alpha value is -2.42. The molecule has 2 rings (SSSR count). The van der Waals surface area contributed by atoms with Crippen LogP contribution in [0.1, 0.15) is 22.7 Å². The molecule has 0 aliphatic carbocycles. The summed E-state index contributed by atoms with van der Waals surface area (Å²) in [4.78, 5) is 9.59. The van der Waals surface area contributed by atoms with Crippen molar-refractivity contribution in [3.05, 3.63) is 69.3 Å². The van der Waals surface area contributed by atoms with E-state index in [1.807, 2.05) is 0 Å². The number of nitro benzene ring substituents is 1. The Morgan fingerprint density at radius 3 is 1.94 bits per heavy atom. The summed E-state index contributed by atoms with van der Waals surface area (Å²) < 4.78 is 104. The third kappa shape index (κ3) is 6.09. The maximum absolute atomic E-state index is 13.1. The highest BCUT2D eigenvalue weighted by Crippen LogP contribution is 2.41. The van der Waals surface area contributed by atoms with Crippen molar-refractivity contribution in [1.29, 1.82) is 0 Å². The molecule has 0 amide bonds. The molecule has 15 heteroatoms. The highest BCUT2D eigenvalue weighted by molar-refractivity contribution is 7.89. The monoisotopic (exact) mass is 507 g/mol. The predicted octanol–water partition coefficient (Wildman–Crippen LogP) is 4.37. The molecular weight excluding hydrogens is 492 g/mol. The van der Waals surface area contributed by atoms with Crippen LogP contribution in [0.4, 0.5) is 32.0 Å². The van der Waals surface area contributed by atoms with Crippen LogP contribution in [0.3, 0.4) is 0 Å². The molecule has 0 bridgehead atoms. The lowest BCUT2D eigenvalue weighted by atomic mass is 9.99. The molecule has 0 unspecified atom stereocenters. The number of sulfonamides is 1. The summed E-state index contributed by atoms with van der Waals surface area (Å²) in [5, 5.41) is 10.7. The van der Waals surface area contributed by atoms with E-state index in [1.165, 1.54) is 0 Å². The number of hydrogen-bond donors (Lipinski definition) is 1. The van der Waals surface area contributed by atoms with Gasteiger partial charge in [-0.25, -0.2) is 8.42 Å². The van der Waals surface area contributed by atoms with Crippen LogP contribution in [0.15, 0.2) is 47.4 Å². The first-order valence-electron chi connectivity index (χ1n) is 8.30. The molecule has 0 saturated heterocycles. The van der Waals surface area contributed by atoms with E-state index in [1.54, 1.807) is 0 Å². The highest BCUT2D eigenvalue weighted by Gasteiger charge is 2.43. The zero-order chi connectivity index (χ0) is 23.8. The van der Waals surface area contributed by atoms with Gasteiger partial charge >= 0.3 is 12.4 Å². The van der Waals surface area contributed by atoms with Crippen LogP contribution in [-0.2, 0) is 22.4 Å². The number of benzene rings is 2. The Kier molecular flexibility index (Phi) is 8.29. The third-order valence-corrected chi connectivity index (χ3v) is 6.13. The van der Waals surface area contributed by atoms with Gasteiger partial charge < -0.3 is 5.73 Å². The largest absolute Gasteiger partial charge is 0.417 e. The zero-order valence-corrected chi connectivity index (χ0v) is 17.6. The Morgan fingerprint density at radius 1 is 1.00 bits per heavy atom. The lowest BCUT2D eigenvalue weighted by Gasteiger charge is -2.23. The van der Waals surface area contributed by atoms with Crippen LogP contribution < -0.4 is 5.73 Å². The summed E-state index contributed by atoms with van der Waals surface area (Å²) in [6.45, 7) is -0.567. The lowest BCUT2D eigenvalue weighted by molar-refractivity contribution is -0.384. The molecule has 2 aromatic carbocycles. The molecule has 0 aliphatic rings. The molecule has 2 N–H and O–H groups in total. The Labute approximate surface area is 184 Å². The van der Waals surface area contributed by atoms with Gasteiger partial charge in [-0.2, -0.15) is 30.6 Å². The van der Waals surface area contributed by atoms with Crippen molar-refractivity contribution in [2.45, 2.75) is 23.3 Å². The minimum absolute atomic E-state index is 0. The quantitative estimate of drug-likeness (QED) is 0.355. The predicted molar refractivity (Wildman–Crippen MR) is 104 cm³/mol. The molecule has 7 nitrogen and oxygen atoms in total. The fourth-order valence-corrected chi connectivity index (χ4v) is 3.87. The van der Waals surface area contributed by atoms with Crippen molar-refractivity contribution >= 4 is 28.1 Å². The maximum Gasteiger partial charge on any atom is 0.417 e. The topological polar surface area (TPSA) is 107 Å². The SMILES string of the molecule is CN(C[C@H](N)c1ccc(C(F)(F)F)c(C(F)(F)F)c1)S(=O)(=O)c1ccc([N+](=O)[O-])cc1.Cl. The van der Waals surface area contributed by atoms with Crippen LogP contribution in [-0.4, -0.2) is 31.2 Å². The van der Waals surface area contributed by atoms with Crippen LogP contribution in [0.25, 0.3) is 0 Å². The number of hydrogen-bond acceptors (Lipinski definition) is 5. The molecule has 0 radical (unpaired) electrons. The summed E-state index contributed by atoms with van der Waals surface area (Å²) in [7, 11) is -3.17. The van der Waals surface area contributed by atoms with Crippen LogP contribution >= 0.6 is 12.4 Å². The molecule has 0 saturated carbocycles. The van der Waals surface area contributed by atoms with E-state index in [2.05, 4.69) is 0 Å². The maximum atomic E-state index is 13.1. The molecular formula is C17H16ClF6N3O4S. The van der Waals surface area contributed by atoms with Crippen molar-refractivity contribution in [1.82, 2.24) is 4.31 Å². The van der Waals surface area contributed by atoms with Crippen LogP contribution in [0.2, 0.25) is 0 Å². The Morgan fingerprint density at radius 2 is 1.50 bits per heavy atom. The van der Waals surface area contributed by atoms with Gasteiger partial charge in [0.2, 0.25) is 10.0 Å². The van der Waals surface area contributed by atoms with Crippen LogP contribution in [0.5, 0.6) is 0 Å². The van der Waals surface area contributed by atoms with Gasteiger partial charge in [0.05, 0.1) is 20.9 Å². The normalized spacial score (nSPS) is 13.5. The first-order chi connectivity index (χ1) is 14.0. The number of nitrogens with two attached hydrogens (primary N) is 1. The van der Waals surface area contributed by atoms with Gasteiger partial charge in [-0.05, 0) is 29.8 Å². The highest BCUT2D eigenvalue weighted by atomic mass is 35.5. The molecule has 1 atom stereocenters. The molecule has 2 aromatic rings. The molecule has 0 aromatic heterocycles. The van der Waals surface area contributed by atoms with E-state index < -0.39 is 51.0 Å². The second-order valence-electron chi connectivity index (χ2n) is 6.44. The van der Waals surface area contributed by atoms with E-state index in [-0.39, 0.29) is 40.7 Å². The number of likely N-dealkylation sites (N-methyl/N-ethyl adjacent to an activating group) is 1. The molecule has 32 heavy (non-hydrogen) atoms. The summed E-state index contributed by atoms with van der Waals surface area (Å²) in [5.74, 6) is 0. The standard InChI is InChI=1S/C17H15F6N3O4S.ClH/c1-25(31(29,30)12-5-3-11(4-6-12)26(27)28)9-15(24)10-2-7-13(16(18,19)20)14(8-10)17(21,22)23;/h2-8,15H,9,24H2,1H3;1H/t15-;/m0./s1. The molecule has 0 heterocycles. The number of nitrogens with zero attached hydrogens (tertiary/aromatic N) is 2. The number of non-ortho nitro benzene ring substituents is 1. The van der Waals surface area contributed by atoms with Crippen LogP contribution in [0, 0.1) is 10.1 Å². The van der Waals surface area contributed by atoms with Crippen molar-refractivity contribution in [3.63, 3.8) is 0 Å². The average Bonchev–Trinajstić information content (AvgIpc) is 2.66. The van der Waals surface area contributed by atoms with E-state index >= 15 is 0 Å². The smallest absolute Gasteiger partial charge is 0.323 e. The second kappa shape index (κ2) is 9.60. The first-order valence-corrected chi connectivity index (χ1v) is 9.74. The molecule has 0 aliphatic heterocycles. The summed E-state index contributed by atoms with van der Waals surface area (Å²) in [6, 6.07) is 3.67. The van der Waals surface area contributed by atoms with Gasteiger partial charge in [-0.15, -0.1) is 12.4 Å². The van der Waals surface area contributed by atoms with Crippen molar-refractivity contribution < 1.29 is 39.7 Å². The van der Waals surface area contributed by atoms with Crippen molar-refractivity contribution in [3.8, 4) is 0 Å². The summed E-state index contributed by atoms with van der Waals surface area (Å²) >= 11 is 0. The van der Waals surface area contributed by atoms with E-state index in [9.17, 15) is 44.9 Å². The number of nitro groups is 1. The van der Waals surface area contributed by atoms with E-state index in [4.69, 9.17) is 5.73 Å². The van der Waals surface area contributed by atoms with Gasteiger partial charge in [0.1, 0.15) is 0 Å². The molecule has 0 spiro atoms. The number of halogens is 7. The fraction of sp³-hybridized carbons (Fsp3) is 0.294. The summed E-state index contributed by atoms with van der Waals surface area (Å²) in [6.07, 6.45) is -10.6.